The topological polar surface area (TPSA) is 123 Å². The van der Waals surface area contributed by atoms with Crippen LogP contribution >= 0.6 is 11.3 Å². The molecule has 1 aliphatic heterocycles. The second-order valence-electron chi connectivity index (χ2n) is 6.86. The molecule has 2 aliphatic rings. The first kappa shape index (κ1) is 17.5. The second-order valence-corrected chi connectivity index (χ2v) is 7.89. The zero-order valence-corrected chi connectivity index (χ0v) is 15.4. The second kappa shape index (κ2) is 6.08. The summed E-state index contributed by atoms with van der Waals surface area (Å²) in [5, 5.41) is 11.6. The van der Waals surface area contributed by atoms with Gasteiger partial charge in [0.05, 0.1) is 0 Å². The number of thiazole rings is 1. The number of fused-ring (bicyclic) bond motifs is 1. The van der Waals surface area contributed by atoms with Crippen LogP contribution in [0.15, 0.2) is 24.3 Å². The number of hydrogen-bond acceptors (Lipinski definition) is 6. The molecule has 7 nitrogen and oxygen atoms in total. The quantitative estimate of drug-likeness (QED) is 0.664. The van der Waals surface area contributed by atoms with Crippen LogP contribution in [0.1, 0.15) is 28.9 Å². The molecule has 5 N–H and O–H groups in total. The van der Waals surface area contributed by atoms with Crippen LogP contribution in [0.4, 0.5) is 5.00 Å². The Morgan fingerprint density at radius 2 is 2.22 bits per heavy atom. The molecule has 4 rings (SSSR count). The van der Waals surface area contributed by atoms with Gasteiger partial charge in [0.1, 0.15) is 10.0 Å². The molecule has 2 heterocycles. The molecule has 138 valence electrons. The number of rotatable bonds is 2. The van der Waals surface area contributed by atoms with Crippen LogP contribution in [0.2, 0.25) is 0 Å². The lowest BCUT2D eigenvalue weighted by atomic mass is 9.72. The van der Waals surface area contributed by atoms with E-state index in [9.17, 15) is 14.7 Å². The van der Waals surface area contributed by atoms with Gasteiger partial charge < -0.3 is 21.5 Å². The van der Waals surface area contributed by atoms with E-state index in [-0.39, 0.29) is 28.6 Å². The van der Waals surface area contributed by atoms with Crippen molar-refractivity contribution in [3.8, 4) is 22.4 Å². The normalized spacial score (nSPS) is 26.1. The fraction of sp³-hybridized carbons (Fsp3) is 0.316. The van der Waals surface area contributed by atoms with Crippen molar-refractivity contribution in [1.82, 2.24) is 9.88 Å². The molecule has 1 saturated carbocycles. The summed E-state index contributed by atoms with van der Waals surface area (Å²) in [7, 11) is 1.71. The van der Waals surface area contributed by atoms with Gasteiger partial charge in [0, 0.05) is 30.1 Å². The summed E-state index contributed by atoms with van der Waals surface area (Å²) >= 11 is 1.17. The molecular weight excluding hydrogens is 364 g/mol. The number of aliphatic hydroxyl groups is 1. The summed E-state index contributed by atoms with van der Waals surface area (Å²) in [6, 6.07) is 7.25. The minimum absolute atomic E-state index is 0.0522. The smallest absolute Gasteiger partial charge is 0.270 e. The molecule has 2 fully saturated rings. The van der Waals surface area contributed by atoms with Crippen LogP contribution in [-0.4, -0.2) is 45.5 Å². The van der Waals surface area contributed by atoms with Crippen molar-refractivity contribution >= 4 is 28.2 Å². The van der Waals surface area contributed by atoms with E-state index in [1.54, 1.807) is 30.1 Å². The van der Waals surface area contributed by atoms with Gasteiger partial charge in [0.2, 0.25) is 5.60 Å². The Balaban J connectivity index is 1.65. The molecule has 3 atom stereocenters. The van der Waals surface area contributed by atoms with Gasteiger partial charge in [-0.1, -0.05) is 35.3 Å². The van der Waals surface area contributed by atoms with Gasteiger partial charge in [-0.25, -0.2) is 4.98 Å². The number of nitrogens with zero attached hydrogens (tertiary/aromatic N) is 2. The van der Waals surface area contributed by atoms with E-state index in [0.717, 1.165) is 18.4 Å². The lowest BCUT2D eigenvalue weighted by molar-refractivity contribution is -0.138. The highest BCUT2D eigenvalue weighted by Gasteiger charge is 2.60. The summed E-state index contributed by atoms with van der Waals surface area (Å²) in [6.45, 7) is 0. The molecule has 0 bridgehead atoms. The lowest BCUT2D eigenvalue weighted by Crippen LogP contribution is -2.44. The fourth-order valence-electron chi connectivity index (χ4n) is 3.69. The van der Waals surface area contributed by atoms with E-state index < -0.39 is 11.5 Å². The summed E-state index contributed by atoms with van der Waals surface area (Å²) < 4.78 is 0. The molecule has 2 amide bonds. The molecule has 0 spiro atoms. The minimum Gasteiger partial charge on any atom is -0.389 e. The lowest BCUT2D eigenvalue weighted by Gasteiger charge is -2.35. The van der Waals surface area contributed by atoms with Gasteiger partial charge in [0.25, 0.3) is 11.8 Å². The first-order chi connectivity index (χ1) is 12.8. The number of likely N-dealkylation sites (N-methyl/N-ethyl adjacent to an activating group) is 1. The maximum atomic E-state index is 12.4. The fourth-order valence-corrected chi connectivity index (χ4v) is 4.52. The molecule has 1 aromatic heterocycles. The van der Waals surface area contributed by atoms with Crippen molar-refractivity contribution in [3.05, 3.63) is 35.5 Å². The van der Waals surface area contributed by atoms with Crippen LogP contribution in [0.3, 0.4) is 0 Å². The summed E-state index contributed by atoms with van der Waals surface area (Å²) in [4.78, 5) is 29.5. The van der Waals surface area contributed by atoms with Crippen molar-refractivity contribution < 1.29 is 14.7 Å². The van der Waals surface area contributed by atoms with Crippen molar-refractivity contribution in [2.75, 3.05) is 12.8 Å². The molecule has 1 saturated heterocycles. The molecule has 1 aliphatic carbocycles. The van der Waals surface area contributed by atoms with Gasteiger partial charge in [-0.05, 0) is 25.0 Å². The molecule has 27 heavy (non-hydrogen) atoms. The number of aromatic nitrogens is 1. The van der Waals surface area contributed by atoms with Gasteiger partial charge >= 0.3 is 0 Å². The number of amides is 2. The third kappa shape index (κ3) is 2.67. The first-order valence-electron chi connectivity index (χ1n) is 8.50. The minimum atomic E-state index is -1.63. The highest BCUT2D eigenvalue weighted by Crippen LogP contribution is 2.46. The van der Waals surface area contributed by atoms with E-state index in [2.05, 4.69) is 16.8 Å². The highest BCUT2D eigenvalue weighted by atomic mass is 32.1. The Morgan fingerprint density at radius 1 is 1.44 bits per heavy atom. The third-order valence-electron chi connectivity index (χ3n) is 5.31. The van der Waals surface area contributed by atoms with Crippen molar-refractivity contribution in [3.63, 3.8) is 0 Å². The molecular formula is C19H18N4O3S. The molecule has 2 aromatic rings. The molecule has 0 unspecified atom stereocenters. The Hall–Kier alpha value is -2.89. The largest absolute Gasteiger partial charge is 0.389 e. The summed E-state index contributed by atoms with van der Waals surface area (Å²) in [5.41, 5.74) is 10.8. The standard InChI is InChI=1S/C19H18N4O3S/c1-23-13-6-5-12(13)19(26,18(23)25)8-7-10-3-2-4-11(9-10)17-22-14(15(20)24)16(21)27-17/h2-4,9,12-13,26H,5-6,21H2,1H3,(H2,20,24)/t12-,13+,19-/m1/s1. The maximum Gasteiger partial charge on any atom is 0.270 e. The zero-order chi connectivity index (χ0) is 19.3. The summed E-state index contributed by atoms with van der Waals surface area (Å²) in [5.74, 6) is 4.58. The average molecular weight is 382 g/mol. The zero-order valence-electron chi connectivity index (χ0n) is 14.6. The van der Waals surface area contributed by atoms with Crippen molar-refractivity contribution in [2.45, 2.75) is 24.5 Å². The van der Waals surface area contributed by atoms with E-state index in [1.165, 1.54) is 11.3 Å². The van der Waals surface area contributed by atoms with Crippen LogP contribution < -0.4 is 11.5 Å². The number of hydrogen-bond donors (Lipinski definition) is 3. The SMILES string of the molecule is CN1C(=O)[C@@](O)(C#Cc2cccc(-c3nc(C(N)=O)c(N)s3)c2)[C@@H]2CC[C@@H]21. The Morgan fingerprint density at radius 3 is 2.81 bits per heavy atom. The van der Waals surface area contributed by atoms with Gasteiger partial charge in [-0.2, -0.15) is 0 Å². The van der Waals surface area contributed by atoms with Gasteiger partial charge in [-0.3, -0.25) is 9.59 Å². The van der Waals surface area contributed by atoms with Crippen molar-refractivity contribution in [2.24, 2.45) is 11.7 Å². The highest BCUT2D eigenvalue weighted by molar-refractivity contribution is 7.19. The molecule has 8 heteroatoms. The van der Waals surface area contributed by atoms with Crippen LogP contribution in [0.25, 0.3) is 10.6 Å². The number of nitrogens with two attached hydrogens (primary N) is 2. The predicted molar refractivity (Wildman–Crippen MR) is 102 cm³/mol. The van der Waals surface area contributed by atoms with E-state index in [4.69, 9.17) is 11.5 Å². The number of benzene rings is 1. The third-order valence-corrected chi connectivity index (χ3v) is 6.25. The Labute approximate surface area is 160 Å². The monoisotopic (exact) mass is 382 g/mol. The van der Waals surface area contributed by atoms with Crippen molar-refractivity contribution in [1.29, 1.82) is 0 Å². The number of nitrogen functional groups attached to an aromatic ring is 1. The number of anilines is 1. The van der Waals surface area contributed by atoms with E-state index >= 15 is 0 Å². The number of likely N-dealkylation sites (tertiary alicyclic amines) is 1. The molecule has 0 radical (unpaired) electrons. The number of carbonyl (C=O) groups is 2. The first-order valence-corrected chi connectivity index (χ1v) is 9.32. The molecule has 1 aromatic carbocycles. The predicted octanol–water partition coefficient (Wildman–Crippen LogP) is 0.824. The Kier molecular flexibility index (Phi) is 3.94. The van der Waals surface area contributed by atoms with Crippen LogP contribution in [-0.2, 0) is 4.79 Å². The average Bonchev–Trinajstić information content (AvgIpc) is 3.05. The van der Waals surface area contributed by atoms with E-state index in [1.807, 2.05) is 6.07 Å². The van der Waals surface area contributed by atoms with Gasteiger partial charge in [0.15, 0.2) is 5.69 Å². The summed E-state index contributed by atoms with van der Waals surface area (Å²) in [6.07, 6.45) is 1.69. The van der Waals surface area contributed by atoms with E-state index in [0.29, 0.717) is 10.6 Å². The number of primary amides is 1. The van der Waals surface area contributed by atoms with Gasteiger partial charge in [-0.15, -0.1) is 0 Å². The van der Waals surface area contributed by atoms with Crippen LogP contribution in [0, 0.1) is 17.8 Å². The Bertz CT molecular complexity index is 1020. The van der Waals surface area contributed by atoms with Crippen LogP contribution in [0.5, 0.6) is 0 Å². The maximum absolute atomic E-state index is 12.4. The number of carbonyl (C=O) groups excluding carboxylic acids is 2.